The molecule has 2 fully saturated rings. The average Bonchev–Trinajstić information content (AvgIpc) is 3.51. The second-order valence-corrected chi connectivity index (χ2v) is 14.1. The number of ketones is 1. The first-order valence-electron chi connectivity index (χ1n) is 16.5. The molecule has 1 saturated heterocycles. The van der Waals surface area contributed by atoms with Gasteiger partial charge in [-0.15, -0.1) is 0 Å². The fourth-order valence-electron chi connectivity index (χ4n) is 6.74. The number of pyridine rings is 1. The van der Waals surface area contributed by atoms with E-state index in [2.05, 4.69) is 56.7 Å². The molecule has 266 valence electrons. The number of ether oxygens (including phenoxy) is 1. The van der Waals surface area contributed by atoms with Crippen molar-refractivity contribution in [2.24, 2.45) is 11.3 Å². The van der Waals surface area contributed by atoms with Crippen molar-refractivity contribution in [1.82, 2.24) is 40.3 Å². The second kappa shape index (κ2) is 14.2. The van der Waals surface area contributed by atoms with Crippen LogP contribution in [-0.2, 0) is 25.7 Å². The predicted molar refractivity (Wildman–Crippen MR) is 189 cm³/mol. The van der Waals surface area contributed by atoms with Gasteiger partial charge in [-0.25, -0.2) is 19.7 Å². The molecule has 4 aromatic rings. The highest BCUT2D eigenvalue weighted by atomic mass is 79.9. The number of alkyl carbamates (subject to hydrolysis) is 1. The third-order valence-electron chi connectivity index (χ3n) is 9.48. The number of rotatable bonds is 11. The summed E-state index contributed by atoms with van der Waals surface area (Å²) in [6, 6.07) is 8.55. The smallest absolute Gasteiger partial charge is 0.407 e. The quantitative estimate of drug-likeness (QED) is 0.150. The van der Waals surface area contributed by atoms with Crippen LogP contribution in [0.3, 0.4) is 0 Å². The van der Waals surface area contributed by atoms with Crippen molar-refractivity contribution in [2.45, 2.75) is 65.2 Å². The number of amides is 4. The fourth-order valence-corrected chi connectivity index (χ4v) is 7.08. The number of anilines is 1. The Bertz CT molecular complexity index is 2030. The number of likely N-dealkylation sites (tertiary alicyclic amines) is 1. The third kappa shape index (κ3) is 7.31. The van der Waals surface area contributed by atoms with Gasteiger partial charge in [0.2, 0.25) is 17.7 Å². The number of aromatic nitrogens is 5. The van der Waals surface area contributed by atoms with Crippen LogP contribution in [0, 0.1) is 18.3 Å². The molecule has 2 aliphatic rings. The first kappa shape index (κ1) is 35.6. The largest absolute Gasteiger partial charge is 0.453 e. The maximum Gasteiger partial charge on any atom is 0.407 e. The monoisotopic (exact) mass is 759 g/mol. The Morgan fingerprint density at radius 3 is 2.47 bits per heavy atom. The lowest BCUT2D eigenvalue weighted by Crippen LogP contribution is -2.50. The van der Waals surface area contributed by atoms with Crippen molar-refractivity contribution in [2.75, 3.05) is 19.0 Å². The molecule has 1 aliphatic carbocycles. The van der Waals surface area contributed by atoms with Gasteiger partial charge in [-0.05, 0) is 71.4 Å². The lowest BCUT2D eigenvalue weighted by molar-refractivity contribution is -0.138. The van der Waals surface area contributed by atoms with E-state index < -0.39 is 35.4 Å². The molecule has 2 unspecified atom stereocenters. The van der Waals surface area contributed by atoms with E-state index in [-0.39, 0.29) is 42.4 Å². The zero-order chi connectivity index (χ0) is 36.6. The van der Waals surface area contributed by atoms with Gasteiger partial charge in [0.25, 0.3) is 0 Å². The molecule has 0 spiro atoms. The first-order chi connectivity index (χ1) is 24.3. The predicted octanol–water partition coefficient (Wildman–Crippen LogP) is 3.66. The van der Waals surface area contributed by atoms with Crippen molar-refractivity contribution >= 4 is 62.2 Å². The van der Waals surface area contributed by atoms with Crippen LogP contribution in [0.5, 0.6) is 0 Å². The molecule has 1 aliphatic heterocycles. The highest BCUT2D eigenvalue weighted by Gasteiger charge is 2.67. The number of halogens is 1. The first-order valence-corrected chi connectivity index (χ1v) is 17.3. The van der Waals surface area contributed by atoms with E-state index in [0.29, 0.717) is 40.0 Å². The van der Waals surface area contributed by atoms with E-state index in [9.17, 15) is 24.0 Å². The summed E-state index contributed by atoms with van der Waals surface area (Å²) >= 11 is 3.32. The minimum Gasteiger partial charge on any atom is -0.453 e. The Kier molecular flexibility index (Phi) is 9.88. The molecule has 15 nitrogen and oxygen atoms in total. The lowest BCUT2D eigenvalue weighted by atomic mass is 9.98. The summed E-state index contributed by atoms with van der Waals surface area (Å²) in [5.74, 6) is -0.709. The molecule has 0 bridgehead atoms. The summed E-state index contributed by atoms with van der Waals surface area (Å²) < 4.78 is 6.71. The number of fused-ring (bicyclic) bond motifs is 2. The SMILES string of the molecule is COC(=O)N[C@H](C(=O)NCC12CC1N(C(=O)Cn1nc(C(C)=O)c3cc(-c4cnc(C)nc4)ccc31)[C@H](C(=O)Nc1cccc(Br)n1)C2)C(C)C. The topological polar surface area (TPSA) is 190 Å². The Morgan fingerprint density at radius 1 is 1.06 bits per heavy atom. The minimum atomic E-state index is -0.870. The third-order valence-corrected chi connectivity index (χ3v) is 9.92. The molecule has 4 amide bonds. The van der Waals surface area contributed by atoms with Crippen molar-refractivity contribution in [1.29, 1.82) is 0 Å². The molecule has 3 N–H and O–H groups in total. The number of carbonyl (C=O) groups is 5. The molecule has 1 saturated carbocycles. The van der Waals surface area contributed by atoms with Gasteiger partial charge in [-0.3, -0.25) is 23.9 Å². The molecule has 4 heterocycles. The van der Waals surface area contributed by atoms with Crippen molar-refractivity contribution < 1.29 is 28.7 Å². The van der Waals surface area contributed by atoms with E-state index in [1.54, 1.807) is 62.3 Å². The molecule has 4 atom stereocenters. The molecule has 16 heteroatoms. The number of aryl methyl sites for hydroxylation is 1. The standard InChI is InChI=1S/C35H38BrN9O6/c1-18(2)30(42-34(50)51-5)33(49)39-17-35-12-25(32(48)41-28-8-6-7-27(36)40-28)45(26(35)13-35)29(47)16-44-24-10-9-21(22-14-37-20(4)38-15-22)11-23(24)31(43-44)19(3)46/h6-11,14-15,18,25-26,30H,12-13,16-17H2,1-5H3,(H,39,49)(H,42,50)(H,40,41,48)/t25-,26?,30-,35?/m0/s1. The van der Waals surface area contributed by atoms with Gasteiger partial charge in [0, 0.05) is 48.3 Å². The van der Waals surface area contributed by atoms with Crippen LogP contribution >= 0.6 is 15.9 Å². The molecule has 3 aromatic heterocycles. The van der Waals surface area contributed by atoms with E-state index in [0.717, 1.165) is 11.1 Å². The minimum absolute atomic E-state index is 0.190. The van der Waals surface area contributed by atoms with Crippen molar-refractivity contribution in [3.63, 3.8) is 0 Å². The van der Waals surface area contributed by atoms with Crippen LogP contribution in [0.4, 0.5) is 10.6 Å². The number of Topliss-reactive ketones (excluding diaryl/α,β-unsaturated/α-hetero) is 1. The lowest BCUT2D eigenvalue weighted by Gasteiger charge is -2.27. The number of nitrogens with one attached hydrogen (secondary N) is 3. The van der Waals surface area contributed by atoms with Gasteiger partial charge in [-0.1, -0.05) is 26.0 Å². The summed E-state index contributed by atoms with van der Waals surface area (Å²) in [6.07, 6.45) is 3.55. The molecular weight excluding hydrogens is 722 g/mol. The summed E-state index contributed by atoms with van der Waals surface area (Å²) in [7, 11) is 1.22. The van der Waals surface area contributed by atoms with Gasteiger partial charge in [-0.2, -0.15) is 5.10 Å². The Labute approximate surface area is 302 Å². The summed E-state index contributed by atoms with van der Waals surface area (Å²) in [6.45, 7) is 6.79. The number of hydrogen-bond donors (Lipinski definition) is 3. The van der Waals surface area contributed by atoms with Gasteiger partial charge >= 0.3 is 6.09 Å². The van der Waals surface area contributed by atoms with Gasteiger partial charge in [0.1, 0.15) is 40.6 Å². The number of nitrogens with zero attached hydrogens (tertiary/aromatic N) is 6. The summed E-state index contributed by atoms with van der Waals surface area (Å²) in [5, 5.41) is 13.5. The number of piperidine rings is 1. The van der Waals surface area contributed by atoms with Crippen LogP contribution in [0.1, 0.15) is 49.9 Å². The summed E-state index contributed by atoms with van der Waals surface area (Å²) in [4.78, 5) is 80.3. The molecule has 6 rings (SSSR count). The average molecular weight is 761 g/mol. The highest BCUT2D eigenvalue weighted by Crippen LogP contribution is 2.59. The summed E-state index contributed by atoms with van der Waals surface area (Å²) in [5.41, 5.74) is 1.79. The number of methoxy groups -OCH3 is 1. The normalized spacial score (nSPS) is 19.7. The van der Waals surface area contributed by atoms with Crippen LogP contribution in [0.25, 0.3) is 22.0 Å². The van der Waals surface area contributed by atoms with E-state index in [1.807, 2.05) is 12.1 Å². The Balaban J connectivity index is 1.27. The van der Waals surface area contributed by atoms with Crippen molar-refractivity contribution in [3.8, 4) is 11.1 Å². The Hall–Kier alpha value is -5.25. The molecular formula is C35H38BrN9O6. The number of carbonyl (C=O) groups excluding carboxylic acids is 5. The second-order valence-electron chi connectivity index (χ2n) is 13.3. The Morgan fingerprint density at radius 2 is 1.80 bits per heavy atom. The van der Waals surface area contributed by atoms with E-state index in [1.165, 1.54) is 18.7 Å². The van der Waals surface area contributed by atoms with Gasteiger partial charge in [0.05, 0.1) is 12.6 Å². The molecule has 51 heavy (non-hydrogen) atoms. The maximum atomic E-state index is 14.3. The van der Waals surface area contributed by atoms with Gasteiger partial charge in [0.15, 0.2) is 5.78 Å². The van der Waals surface area contributed by atoms with Crippen LogP contribution in [-0.4, -0.2) is 91.0 Å². The highest BCUT2D eigenvalue weighted by molar-refractivity contribution is 9.10. The van der Waals surface area contributed by atoms with Crippen LogP contribution < -0.4 is 16.0 Å². The van der Waals surface area contributed by atoms with Crippen LogP contribution in [0.2, 0.25) is 0 Å². The van der Waals surface area contributed by atoms with Gasteiger partial charge < -0.3 is 25.6 Å². The molecule has 0 radical (unpaired) electrons. The number of benzene rings is 1. The van der Waals surface area contributed by atoms with Crippen molar-refractivity contribution in [3.05, 3.63) is 64.9 Å². The zero-order valence-electron chi connectivity index (χ0n) is 28.8. The zero-order valence-corrected chi connectivity index (χ0v) is 30.4. The molecule has 1 aromatic carbocycles. The van der Waals surface area contributed by atoms with E-state index in [4.69, 9.17) is 0 Å². The number of hydrogen-bond acceptors (Lipinski definition) is 10. The van der Waals surface area contributed by atoms with E-state index >= 15 is 0 Å². The fraction of sp³-hybridized carbons (Fsp3) is 0.400. The maximum absolute atomic E-state index is 14.3. The van der Waals surface area contributed by atoms with Crippen LogP contribution in [0.15, 0.2) is 53.4 Å².